The Hall–Kier alpha value is -1.10. The lowest BCUT2D eigenvalue weighted by Crippen LogP contribution is -2.47. The lowest BCUT2D eigenvalue weighted by atomic mass is 9.92. The van der Waals surface area contributed by atoms with E-state index in [0.717, 1.165) is 70.2 Å². The number of nitrogens with zero attached hydrogens (tertiary/aromatic N) is 2. The molecule has 1 N–H and O–H groups in total. The van der Waals surface area contributed by atoms with Crippen LogP contribution in [0.2, 0.25) is 0 Å². The third-order valence-electron chi connectivity index (χ3n) is 5.27. The SMILES string of the molecule is CC(=O)N1CCCC1C(=O)N1CC[C@@H]2CNC[C@@H]2CC1. The zero-order valence-corrected chi connectivity index (χ0v) is 12.3. The van der Waals surface area contributed by atoms with Crippen LogP contribution in [0.1, 0.15) is 32.6 Å². The van der Waals surface area contributed by atoms with Crippen LogP contribution >= 0.6 is 0 Å². The van der Waals surface area contributed by atoms with Gasteiger partial charge in [0.2, 0.25) is 11.8 Å². The summed E-state index contributed by atoms with van der Waals surface area (Å²) in [7, 11) is 0. The third kappa shape index (κ3) is 2.55. The molecule has 1 unspecified atom stereocenters. The van der Waals surface area contributed by atoms with Crippen molar-refractivity contribution < 1.29 is 9.59 Å². The number of hydrogen-bond acceptors (Lipinski definition) is 3. The zero-order chi connectivity index (χ0) is 14.1. The number of carbonyl (C=O) groups is 2. The van der Waals surface area contributed by atoms with Crippen molar-refractivity contribution >= 4 is 11.8 Å². The zero-order valence-electron chi connectivity index (χ0n) is 12.3. The molecule has 3 aliphatic heterocycles. The first kappa shape index (κ1) is 13.9. The first-order chi connectivity index (χ1) is 9.66. The summed E-state index contributed by atoms with van der Waals surface area (Å²) < 4.78 is 0. The normalized spacial score (nSPS) is 34.0. The number of nitrogens with one attached hydrogen (secondary N) is 1. The van der Waals surface area contributed by atoms with Crippen LogP contribution in [0.15, 0.2) is 0 Å². The fourth-order valence-electron chi connectivity index (χ4n) is 4.05. The number of rotatable bonds is 1. The second kappa shape index (κ2) is 5.72. The lowest BCUT2D eigenvalue weighted by Gasteiger charge is -2.29. The smallest absolute Gasteiger partial charge is 0.245 e. The first-order valence-electron chi connectivity index (χ1n) is 7.93. The van der Waals surface area contributed by atoms with E-state index in [2.05, 4.69) is 5.32 Å². The predicted octanol–water partition coefficient (Wildman–Crippen LogP) is 0.455. The van der Waals surface area contributed by atoms with Crippen LogP contribution in [-0.4, -0.2) is 60.4 Å². The highest BCUT2D eigenvalue weighted by atomic mass is 16.2. The van der Waals surface area contributed by atoms with Gasteiger partial charge in [-0.1, -0.05) is 0 Å². The minimum absolute atomic E-state index is 0.0386. The summed E-state index contributed by atoms with van der Waals surface area (Å²) in [5, 5.41) is 3.46. The van der Waals surface area contributed by atoms with Crippen molar-refractivity contribution in [2.24, 2.45) is 11.8 Å². The van der Waals surface area contributed by atoms with Crippen LogP contribution in [-0.2, 0) is 9.59 Å². The third-order valence-corrected chi connectivity index (χ3v) is 5.27. The van der Waals surface area contributed by atoms with E-state index in [-0.39, 0.29) is 17.9 Å². The van der Waals surface area contributed by atoms with Gasteiger partial charge in [-0.25, -0.2) is 0 Å². The van der Waals surface area contributed by atoms with Gasteiger partial charge in [-0.05, 0) is 50.6 Å². The van der Waals surface area contributed by atoms with Crippen molar-refractivity contribution in [3.8, 4) is 0 Å². The highest BCUT2D eigenvalue weighted by molar-refractivity contribution is 5.87. The molecule has 2 amide bonds. The molecule has 0 aromatic rings. The second-order valence-corrected chi connectivity index (χ2v) is 6.45. The van der Waals surface area contributed by atoms with Crippen molar-refractivity contribution in [2.75, 3.05) is 32.7 Å². The number of carbonyl (C=O) groups excluding carboxylic acids is 2. The summed E-state index contributed by atoms with van der Waals surface area (Å²) in [6.07, 6.45) is 4.01. The van der Waals surface area contributed by atoms with Crippen LogP contribution in [0.4, 0.5) is 0 Å². The molecule has 0 bridgehead atoms. The molecule has 3 fully saturated rings. The number of fused-ring (bicyclic) bond motifs is 1. The van der Waals surface area contributed by atoms with Gasteiger partial charge in [0.25, 0.3) is 0 Å². The molecule has 0 spiro atoms. The summed E-state index contributed by atoms with van der Waals surface area (Å²) in [5.41, 5.74) is 0. The molecule has 5 nitrogen and oxygen atoms in total. The molecule has 0 aliphatic carbocycles. The summed E-state index contributed by atoms with van der Waals surface area (Å²) in [6, 6.07) is -0.191. The van der Waals surface area contributed by atoms with Gasteiger partial charge in [-0.15, -0.1) is 0 Å². The van der Waals surface area contributed by atoms with E-state index < -0.39 is 0 Å². The maximum atomic E-state index is 12.7. The summed E-state index contributed by atoms with van der Waals surface area (Å²) in [5.74, 6) is 1.70. The molecular formula is C15H25N3O2. The van der Waals surface area contributed by atoms with E-state index in [4.69, 9.17) is 0 Å². The monoisotopic (exact) mass is 279 g/mol. The maximum absolute atomic E-state index is 12.7. The molecular weight excluding hydrogens is 254 g/mol. The molecule has 112 valence electrons. The molecule has 3 heterocycles. The van der Waals surface area contributed by atoms with Gasteiger partial charge in [-0.2, -0.15) is 0 Å². The van der Waals surface area contributed by atoms with Gasteiger partial charge in [0.05, 0.1) is 0 Å². The Morgan fingerprint density at radius 1 is 1.00 bits per heavy atom. The van der Waals surface area contributed by atoms with Crippen LogP contribution in [0.5, 0.6) is 0 Å². The first-order valence-corrected chi connectivity index (χ1v) is 7.93. The Bertz CT molecular complexity index is 385. The highest BCUT2D eigenvalue weighted by Gasteiger charge is 2.37. The Kier molecular flexibility index (Phi) is 3.96. The Balaban J connectivity index is 1.63. The minimum atomic E-state index is -0.191. The highest BCUT2D eigenvalue weighted by Crippen LogP contribution is 2.28. The molecule has 0 aromatic heterocycles. The van der Waals surface area contributed by atoms with Gasteiger partial charge in [0.15, 0.2) is 0 Å². The molecule has 0 radical (unpaired) electrons. The van der Waals surface area contributed by atoms with Gasteiger partial charge in [0.1, 0.15) is 6.04 Å². The summed E-state index contributed by atoms with van der Waals surface area (Å²) >= 11 is 0. The van der Waals surface area contributed by atoms with Crippen molar-refractivity contribution in [3.63, 3.8) is 0 Å². The largest absolute Gasteiger partial charge is 0.341 e. The summed E-state index contributed by atoms with van der Waals surface area (Å²) in [4.78, 5) is 28.1. The molecule has 3 rings (SSSR count). The Morgan fingerprint density at radius 2 is 1.65 bits per heavy atom. The van der Waals surface area contributed by atoms with Crippen molar-refractivity contribution in [1.82, 2.24) is 15.1 Å². The van der Waals surface area contributed by atoms with Crippen LogP contribution in [0.25, 0.3) is 0 Å². The maximum Gasteiger partial charge on any atom is 0.245 e. The van der Waals surface area contributed by atoms with E-state index in [1.54, 1.807) is 11.8 Å². The van der Waals surface area contributed by atoms with Crippen LogP contribution < -0.4 is 5.32 Å². The number of hydrogen-bond donors (Lipinski definition) is 1. The second-order valence-electron chi connectivity index (χ2n) is 6.45. The Labute approximate surface area is 120 Å². The van der Waals surface area contributed by atoms with E-state index in [0.29, 0.717) is 0 Å². The fourth-order valence-corrected chi connectivity index (χ4v) is 4.05. The number of likely N-dealkylation sites (tertiary alicyclic amines) is 2. The van der Waals surface area contributed by atoms with Crippen molar-refractivity contribution in [3.05, 3.63) is 0 Å². The van der Waals surface area contributed by atoms with Crippen LogP contribution in [0, 0.1) is 11.8 Å². The van der Waals surface area contributed by atoms with E-state index in [9.17, 15) is 9.59 Å². The van der Waals surface area contributed by atoms with E-state index in [1.807, 2.05) is 4.90 Å². The molecule has 3 saturated heterocycles. The van der Waals surface area contributed by atoms with E-state index in [1.165, 1.54) is 0 Å². The lowest BCUT2D eigenvalue weighted by molar-refractivity contribution is -0.142. The molecule has 0 aromatic carbocycles. The Morgan fingerprint density at radius 3 is 2.25 bits per heavy atom. The van der Waals surface area contributed by atoms with E-state index >= 15 is 0 Å². The van der Waals surface area contributed by atoms with Gasteiger partial charge in [-0.3, -0.25) is 9.59 Å². The summed E-state index contributed by atoms with van der Waals surface area (Å²) in [6.45, 7) is 6.26. The van der Waals surface area contributed by atoms with Gasteiger partial charge >= 0.3 is 0 Å². The fraction of sp³-hybridized carbons (Fsp3) is 0.867. The predicted molar refractivity (Wildman–Crippen MR) is 76.1 cm³/mol. The molecule has 3 aliphatic rings. The quantitative estimate of drug-likeness (QED) is 0.758. The molecule has 3 atom stereocenters. The van der Waals surface area contributed by atoms with Crippen LogP contribution in [0.3, 0.4) is 0 Å². The van der Waals surface area contributed by atoms with Crippen molar-refractivity contribution in [2.45, 2.75) is 38.6 Å². The van der Waals surface area contributed by atoms with Crippen molar-refractivity contribution in [1.29, 1.82) is 0 Å². The van der Waals surface area contributed by atoms with Gasteiger partial charge in [0, 0.05) is 26.6 Å². The molecule has 20 heavy (non-hydrogen) atoms. The minimum Gasteiger partial charge on any atom is -0.341 e. The van der Waals surface area contributed by atoms with Gasteiger partial charge < -0.3 is 15.1 Å². The molecule has 0 saturated carbocycles. The number of amides is 2. The average Bonchev–Trinajstić information content (AvgIpc) is 3.04. The standard InChI is InChI=1S/C15H25N3O2/c1-11(19)18-6-2-3-14(18)15(20)17-7-4-12-9-16-10-13(12)5-8-17/h12-14,16H,2-10H2,1H3/t12-,13+,14?. The topological polar surface area (TPSA) is 52.7 Å². The molecule has 5 heteroatoms. The average molecular weight is 279 g/mol.